The molecule has 2 fully saturated rings. The zero-order valence-electron chi connectivity index (χ0n) is 24.1. The molecule has 1 atom stereocenters. The number of likely N-dealkylation sites (tertiary alicyclic amines) is 1. The summed E-state index contributed by atoms with van der Waals surface area (Å²) in [6.45, 7) is 2.05. The first-order valence-corrected chi connectivity index (χ1v) is 14.3. The number of aromatic nitrogens is 4. The Morgan fingerprint density at radius 1 is 1.09 bits per heavy atom. The number of anilines is 2. The Morgan fingerprint density at radius 2 is 1.91 bits per heavy atom. The van der Waals surface area contributed by atoms with Crippen molar-refractivity contribution in [1.29, 1.82) is 0 Å². The van der Waals surface area contributed by atoms with Gasteiger partial charge < -0.3 is 25.0 Å². The first-order valence-electron chi connectivity index (χ1n) is 14.3. The minimum Gasteiger partial charge on any atom is -0.497 e. The Hall–Kier alpha value is -4.97. The second-order valence-electron chi connectivity index (χ2n) is 10.8. The molecular formula is C31H34N8O4. The fourth-order valence-electron chi connectivity index (χ4n) is 5.07. The third-order valence-electron chi connectivity index (χ3n) is 7.64. The van der Waals surface area contributed by atoms with Crippen molar-refractivity contribution in [2.75, 3.05) is 44.4 Å². The van der Waals surface area contributed by atoms with E-state index in [-0.39, 0.29) is 17.9 Å². The first-order chi connectivity index (χ1) is 21.0. The predicted octanol–water partition coefficient (Wildman–Crippen LogP) is 4.07. The number of pyridine rings is 2. The molecular weight excluding hydrogens is 548 g/mol. The van der Waals surface area contributed by atoms with Gasteiger partial charge in [-0.3, -0.25) is 19.6 Å². The fourth-order valence-corrected chi connectivity index (χ4v) is 5.07. The van der Waals surface area contributed by atoms with Crippen molar-refractivity contribution in [3.8, 4) is 17.2 Å². The lowest BCUT2D eigenvalue weighted by atomic mass is 10.2. The number of nitrogens with zero attached hydrogens (tertiary/aromatic N) is 5. The normalized spacial score (nSPS) is 16.6. The van der Waals surface area contributed by atoms with E-state index in [1.54, 1.807) is 68.0 Å². The summed E-state index contributed by atoms with van der Waals surface area (Å²) in [5, 5.41) is 14.4. The van der Waals surface area contributed by atoms with Crippen molar-refractivity contribution in [3.63, 3.8) is 0 Å². The van der Waals surface area contributed by atoms with Gasteiger partial charge in [0.2, 0.25) is 5.91 Å². The molecule has 1 aliphatic heterocycles. The zero-order chi connectivity index (χ0) is 29.8. The number of carbonyl (C=O) groups is 2. The molecule has 222 valence electrons. The van der Waals surface area contributed by atoms with Crippen LogP contribution >= 0.6 is 0 Å². The van der Waals surface area contributed by atoms with E-state index in [0.29, 0.717) is 64.6 Å². The summed E-state index contributed by atoms with van der Waals surface area (Å²) >= 11 is 0. The van der Waals surface area contributed by atoms with E-state index >= 15 is 0 Å². The number of aromatic amines is 1. The van der Waals surface area contributed by atoms with E-state index in [4.69, 9.17) is 9.47 Å². The van der Waals surface area contributed by atoms with Crippen LogP contribution in [0.25, 0.3) is 11.0 Å². The molecule has 0 radical (unpaired) electrons. The molecule has 1 saturated carbocycles. The van der Waals surface area contributed by atoms with E-state index in [1.807, 2.05) is 11.0 Å². The second kappa shape index (κ2) is 12.5. The molecule has 12 nitrogen and oxygen atoms in total. The van der Waals surface area contributed by atoms with Gasteiger partial charge in [0.1, 0.15) is 28.5 Å². The minimum absolute atomic E-state index is 0.0305. The van der Waals surface area contributed by atoms with Gasteiger partial charge in [0.25, 0.3) is 5.91 Å². The lowest BCUT2D eigenvalue weighted by Gasteiger charge is -2.16. The molecule has 43 heavy (non-hydrogen) atoms. The number of fused-ring (bicyclic) bond motifs is 1. The highest BCUT2D eigenvalue weighted by Gasteiger charge is 2.27. The van der Waals surface area contributed by atoms with Gasteiger partial charge in [0, 0.05) is 67.9 Å². The van der Waals surface area contributed by atoms with Crippen LogP contribution < -0.4 is 20.1 Å². The lowest BCUT2D eigenvalue weighted by molar-refractivity contribution is -0.125. The average molecular weight is 583 g/mol. The van der Waals surface area contributed by atoms with Crippen molar-refractivity contribution in [2.45, 2.75) is 31.3 Å². The van der Waals surface area contributed by atoms with Gasteiger partial charge >= 0.3 is 0 Å². The van der Waals surface area contributed by atoms with E-state index < -0.39 is 0 Å². The number of likely N-dealkylation sites (N-methyl/N-ethyl adjacent to an activating group) is 1. The highest BCUT2D eigenvalue weighted by Crippen LogP contribution is 2.34. The number of methoxy groups -OCH3 is 1. The monoisotopic (exact) mass is 582 g/mol. The zero-order valence-corrected chi connectivity index (χ0v) is 24.1. The maximum Gasteiger partial charge on any atom is 0.256 e. The molecule has 0 bridgehead atoms. The minimum atomic E-state index is -0.301. The van der Waals surface area contributed by atoms with E-state index in [2.05, 4.69) is 42.7 Å². The van der Waals surface area contributed by atoms with Crippen molar-refractivity contribution < 1.29 is 19.1 Å². The molecule has 12 heteroatoms. The van der Waals surface area contributed by atoms with Crippen molar-refractivity contribution in [3.05, 3.63) is 72.6 Å². The Labute approximate surface area is 249 Å². The average Bonchev–Trinajstić information content (AvgIpc) is 3.64. The van der Waals surface area contributed by atoms with E-state index in [1.165, 1.54) is 12.8 Å². The van der Waals surface area contributed by atoms with Gasteiger partial charge in [-0.05, 0) is 56.6 Å². The topological polar surface area (TPSA) is 138 Å². The van der Waals surface area contributed by atoms with Crippen LogP contribution in [0.5, 0.6) is 17.2 Å². The number of hydrogen-bond acceptors (Lipinski definition) is 9. The quantitative estimate of drug-likeness (QED) is 0.224. The summed E-state index contributed by atoms with van der Waals surface area (Å²) in [6.07, 6.45) is 10.1. The summed E-state index contributed by atoms with van der Waals surface area (Å²) in [4.78, 5) is 38.1. The van der Waals surface area contributed by atoms with Crippen molar-refractivity contribution in [1.82, 2.24) is 30.0 Å². The number of H-pyrrole nitrogens is 1. The third-order valence-corrected chi connectivity index (χ3v) is 7.64. The van der Waals surface area contributed by atoms with E-state index in [9.17, 15) is 9.59 Å². The molecule has 2 amide bonds. The number of amides is 2. The summed E-state index contributed by atoms with van der Waals surface area (Å²) in [5.41, 5.74) is 1.03. The summed E-state index contributed by atoms with van der Waals surface area (Å²) in [6, 6.07) is 12.6. The number of ether oxygens (including phenoxy) is 2. The van der Waals surface area contributed by atoms with Gasteiger partial charge in [-0.15, -0.1) is 0 Å². The SMILES string of the molecule is COc1ccnc(NC(=O)c2ccc(Oc3ccnc4[nH]nc(N[C@@H]5CCN(C(=O)/C=C/CN(C)C6CC6)C5)c34)cc2)c1. The molecule has 2 aliphatic rings. The Kier molecular flexibility index (Phi) is 8.18. The van der Waals surface area contributed by atoms with Crippen molar-refractivity contribution >= 4 is 34.5 Å². The maximum absolute atomic E-state index is 12.7. The van der Waals surface area contributed by atoms with Gasteiger partial charge in [-0.1, -0.05) is 6.08 Å². The van der Waals surface area contributed by atoms with Crippen LogP contribution in [0.4, 0.5) is 11.6 Å². The molecule has 3 N–H and O–H groups in total. The largest absolute Gasteiger partial charge is 0.497 e. The standard InChI is InChI=1S/C31H34N8O4/c1-38(22-7-8-22)16-3-4-27(40)39-17-13-21(19-39)34-30-28-25(12-15-33-29(28)36-37-30)43-23-9-5-20(6-10-23)31(41)35-26-18-24(42-2)11-14-32-26/h3-6,9-12,14-15,18,21-22H,7-8,13,16-17,19H2,1-2H3,(H,32,35,41)(H2,33,34,36,37)/b4-3+/t21-/m1/s1. The summed E-state index contributed by atoms with van der Waals surface area (Å²) in [7, 11) is 3.65. The van der Waals surface area contributed by atoms with Crippen molar-refractivity contribution in [2.24, 2.45) is 0 Å². The number of rotatable bonds is 11. The molecule has 1 aromatic carbocycles. The molecule has 4 aromatic rings. The summed E-state index contributed by atoms with van der Waals surface area (Å²) in [5.74, 6) is 2.45. The molecule has 0 unspecified atom stereocenters. The predicted molar refractivity (Wildman–Crippen MR) is 163 cm³/mol. The van der Waals surface area contributed by atoms with Gasteiger partial charge in [-0.25, -0.2) is 9.97 Å². The van der Waals surface area contributed by atoms with Crippen LogP contribution in [-0.4, -0.2) is 87.7 Å². The summed E-state index contributed by atoms with van der Waals surface area (Å²) < 4.78 is 11.4. The molecule has 4 heterocycles. The van der Waals surface area contributed by atoms with Crippen LogP contribution in [-0.2, 0) is 4.79 Å². The van der Waals surface area contributed by atoms with Gasteiger partial charge in [0.05, 0.1) is 7.11 Å². The third kappa shape index (κ3) is 6.75. The number of carbonyl (C=O) groups excluding carboxylic acids is 2. The van der Waals surface area contributed by atoms with E-state index in [0.717, 1.165) is 13.0 Å². The van der Waals surface area contributed by atoms with Crippen LogP contribution in [0.1, 0.15) is 29.6 Å². The highest BCUT2D eigenvalue weighted by atomic mass is 16.5. The molecule has 1 aliphatic carbocycles. The molecule has 6 rings (SSSR count). The Morgan fingerprint density at radius 3 is 2.70 bits per heavy atom. The van der Waals surface area contributed by atoms with Crippen LogP contribution in [0, 0.1) is 0 Å². The lowest BCUT2D eigenvalue weighted by Crippen LogP contribution is -2.30. The molecule has 0 spiro atoms. The number of hydrogen-bond donors (Lipinski definition) is 3. The van der Waals surface area contributed by atoms with Crippen LogP contribution in [0.3, 0.4) is 0 Å². The highest BCUT2D eigenvalue weighted by molar-refractivity contribution is 6.04. The number of benzene rings is 1. The Balaban J connectivity index is 1.08. The maximum atomic E-state index is 12.7. The molecule has 1 saturated heterocycles. The fraction of sp³-hybridized carbons (Fsp3) is 0.323. The van der Waals surface area contributed by atoms with Gasteiger partial charge in [-0.2, -0.15) is 5.10 Å². The Bertz CT molecular complexity index is 1630. The smallest absolute Gasteiger partial charge is 0.256 e. The number of nitrogens with one attached hydrogen (secondary N) is 3. The first kappa shape index (κ1) is 28.2. The van der Waals surface area contributed by atoms with Crippen LogP contribution in [0.2, 0.25) is 0 Å². The molecule has 3 aromatic heterocycles. The van der Waals surface area contributed by atoms with Crippen LogP contribution in [0.15, 0.2) is 67.0 Å². The second-order valence-corrected chi connectivity index (χ2v) is 10.8. The van der Waals surface area contributed by atoms with Gasteiger partial charge in [0.15, 0.2) is 11.5 Å².